The van der Waals surface area contributed by atoms with Crippen LogP contribution in [0.4, 0.5) is 4.39 Å². The molecule has 2 heteroatoms. The summed E-state index contributed by atoms with van der Waals surface area (Å²) in [4.78, 5) is 0. The molecule has 0 aliphatic heterocycles. The highest BCUT2D eigenvalue weighted by Gasteiger charge is 2.09. The Balaban J connectivity index is 2.34. The molecule has 1 aromatic carbocycles. The van der Waals surface area contributed by atoms with Gasteiger partial charge in [-0.1, -0.05) is 38.8 Å². The first-order valence-electron chi connectivity index (χ1n) is 7.00. The largest absolute Gasteiger partial charge is 0.308 e. The highest BCUT2D eigenvalue weighted by atomic mass is 19.1. The van der Waals surface area contributed by atoms with Crippen LogP contribution in [0.25, 0.3) is 0 Å². The third kappa shape index (κ3) is 5.63. The summed E-state index contributed by atoms with van der Waals surface area (Å²) >= 11 is 0. The quantitative estimate of drug-likeness (QED) is 0.741. The van der Waals surface area contributed by atoms with Crippen LogP contribution < -0.4 is 5.32 Å². The zero-order chi connectivity index (χ0) is 13.5. The van der Waals surface area contributed by atoms with Crippen LogP contribution in [0, 0.1) is 11.7 Å². The minimum atomic E-state index is -0.170. The SMILES string of the molecule is CC(C)CCCC(C)NC(C)c1ccc(F)cc1. The van der Waals surface area contributed by atoms with Gasteiger partial charge in [-0.3, -0.25) is 0 Å². The number of halogens is 1. The monoisotopic (exact) mass is 251 g/mol. The second-order valence-corrected chi connectivity index (χ2v) is 5.67. The van der Waals surface area contributed by atoms with Crippen molar-refractivity contribution in [1.82, 2.24) is 5.32 Å². The Hall–Kier alpha value is -0.890. The summed E-state index contributed by atoms with van der Waals surface area (Å²) in [6.07, 6.45) is 3.75. The molecular weight excluding hydrogens is 225 g/mol. The van der Waals surface area contributed by atoms with Crippen molar-refractivity contribution in [3.8, 4) is 0 Å². The maximum atomic E-state index is 12.8. The van der Waals surface area contributed by atoms with Gasteiger partial charge >= 0.3 is 0 Å². The zero-order valence-corrected chi connectivity index (χ0v) is 12.0. The highest BCUT2D eigenvalue weighted by molar-refractivity contribution is 5.19. The number of hydrogen-bond acceptors (Lipinski definition) is 1. The van der Waals surface area contributed by atoms with Crippen molar-refractivity contribution < 1.29 is 4.39 Å². The van der Waals surface area contributed by atoms with E-state index in [2.05, 4.69) is 33.0 Å². The van der Waals surface area contributed by atoms with Crippen molar-refractivity contribution >= 4 is 0 Å². The van der Waals surface area contributed by atoms with Gasteiger partial charge in [-0.15, -0.1) is 0 Å². The second kappa shape index (κ2) is 7.52. The van der Waals surface area contributed by atoms with Gasteiger partial charge in [-0.2, -0.15) is 0 Å². The predicted octanol–water partition coefficient (Wildman–Crippen LogP) is 4.69. The number of rotatable bonds is 7. The average Bonchev–Trinajstić information content (AvgIpc) is 2.29. The minimum Gasteiger partial charge on any atom is -0.308 e. The molecule has 0 bridgehead atoms. The topological polar surface area (TPSA) is 12.0 Å². The molecule has 0 aromatic heterocycles. The lowest BCUT2D eigenvalue weighted by Gasteiger charge is -2.20. The van der Waals surface area contributed by atoms with E-state index in [1.807, 2.05) is 12.1 Å². The van der Waals surface area contributed by atoms with Gasteiger partial charge < -0.3 is 5.32 Å². The third-order valence-corrected chi connectivity index (χ3v) is 3.32. The van der Waals surface area contributed by atoms with Gasteiger partial charge in [0.2, 0.25) is 0 Å². The maximum absolute atomic E-state index is 12.8. The van der Waals surface area contributed by atoms with E-state index in [0.717, 1.165) is 11.5 Å². The molecule has 2 atom stereocenters. The van der Waals surface area contributed by atoms with Gasteiger partial charge in [-0.05, 0) is 43.9 Å². The fraction of sp³-hybridized carbons (Fsp3) is 0.625. The summed E-state index contributed by atoms with van der Waals surface area (Å²) in [6, 6.07) is 7.54. The van der Waals surface area contributed by atoms with Crippen LogP contribution in [0.15, 0.2) is 24.3 Å². The Bertz CT molecular complexity index is 331. The molecular formula is C16H26FN. The molecule has 0 radical (unpaired) electrons. The number of hydrogen-bond donors (Lipinski definition) is 1. The Morgan fingerprint density at radius 3 is 2.17 bits per heavy atom. The van der Waals surface area contributed by atoms with Crippen molar-refractivity contribution in [1.29, 1.82) is 0 Å². The normalized spacial score (nSPS) is 14.8. The summed E-state index contributed by atoms with van der Waals surface area (Å²) in [7, 11) is 0. The first kappa shape index (κ1) is 15.2. The molecule has 1 aromatic rings. The van der Waals surface area contributed by atoms with E-state index < -0.39 is 0 Å². The second-order valence-electron chi connectivity index (χ2n) is 5.67. The van der Waals surface area contributed by atoms with E-state index in [4.69, 9.17) is 0 Å². The predicted molar refractivity (Wildman–Crippen MR) is 76.1 cm³/mol. The van der Waals surface area contributed by atoms with Crippen LogP contribution in [0.3, 0.4) is 0 Å². The van der Waals surface area contributed by atoms with Gasteiger partial charge in [0.15, 0.2) is 0 Å². The lowest BCUT2D eigenvalue weighted by molar-refractivity contribution is 0.423. The molecule has 0 amide bonds. The van der Waals surface area contributed by atoms with E-state index in [1.54, 1.807) is 0 Å². The van der Waals surface area contributed by atoms with Crippen molar-refractivity contribution in [3.05, 3.63) is 35.6 Å². The molecule has 0 aliphatic carbocycles. The number of benzene rings is 1. The molecule has 2 unspecified atom stereocenters. The Kier molecular flexibility index (Phi) is 6.34. The first-order chi connectivity index (χ1) is 8.49. The van der Waals surface area contributed by atoms with Crippen LogP contribution in [-0.4, -0.2) is 6.04 Å². The lowest BCUT2D eigenvalue weighted by Crippen LogP contribution is -2.28. The van der Waals surface area contributed by atoms with Crippen LogP contribution >= 0.6 is 0 Å². The summed E-state index contributed by atoms with van der Waals surface area (Å²) in [6.45, 7) is 8.88. The van der Waals surface area contributed by atoms with E-state index in [9.17, 15) is 4.39 Å². The Morgan fingerprint density at radius 1 is 1.00 bits per heavy atom. The standard InChI is InChI=1S/C16H26FN/c1-12(2)6-5-7-13(3)18-14(4)15-8-10-16(17)11-9-15/h8-14,18H,5-7H2,1-4H3. The maximum Gasteiger partial charge on any atom is 0.123 e. The Morgan fingerprint density at radius 2 is 1.61 bits per heavy atom. The van der Waals surface area contributed by atoms with E-state index >= 15 is 0 Å². The summed E-state index contributed by atoms with van der Waals surface area (Å²) < 4.78 is 12.8. The minimum absolute atomic E-state index is 0.170. The molecule has 0 fully saturated rings. The van der Waals surface area contributed by atoms with E-state index in [1.165, 1.54) is 31.4 Å². The highest BCUT2D eigenvalue weighted by Crippen LogP contribution is 2.15. The fourth-order valence-electron chi connectivity index (χ4n) is 2.19. The first-order valence-corrected chi connectivity index (χ1v) is 7.00. The third-order valence-electron chi connectivity index (χ3n) is 3.32. The summed E-state index contributed by atoms with van der Waals surface area (Å²) in [5.41, 5.74) is 1.15. The smallest absolute Gasteiger partial charge is 0.123 e. The van der Waals surface area contributed by atoms with Crippen molar-refractivity contribution in [2.24, 2.45) is 5.92 Å². The molecule has 1 rings (SSSR count). The van der Waals surface area contributed by atoms with Crippen molar-refractivity contribution in [3.63, 3.8) is 0 Å². The fourth-order valence-corrected chi connectivity index (χ4v) is 2.19. The zero-order valence-electron chi connectivity index (χ0n) is 12.0. The van der Waals surface area contributed by atoms with Gasteiger partial charge in [0.1, 0.15) is 5.82 Å². The average molecular weight is 251 g/mol. The van der Waals surface area contributed by atoms with Crippen LogP contribution in [-0.2, 0) is 0 Å². The lowest BCUT2D eigenvalue weighted by atomic mass is 10.0. The van der Waals surface area contributed by atoms with E-state index in [0.29, 0.717) is 6.04 Å². The molecule has 0 saturated carbocycles. The van der Waals surface area contributed by atoms with Gasteiger partial charge in [0.05, 0.1) is 0 Å². The van der Waals surface area contributed by atoms with Gasteiger partial charge in [0, 0.05) is 12.1 Å². The number of nitrogens with one attached hydrogen (secondary N) is 1. The summed E-state index contributed by atoms with van der Waals surface area (Å²) in [5, 5.41) is 3.57. The molecule has 0 spiro atoms. The molecule has 0 saturated heterocycles. The molecule has 18 heavy (non-hydrogen) atoms. The molecule has 0 heterocycles. The van der Waals surface area contributed by atoms with Crippen LogP contribution in [0.1, 0.15) is 58.6 Å². The van der Waals surface area contributed by atoms with Gasteiger partial charge in [0.25, 0.3) is 0 Å². The molecule has 102 valence electrons. The van der Waals surface area contributed by atoms with Crippen molar-refractivity contribution in [2.45, 2.75) is 59.0 Å². The Labute approximate surface area is 111 Å². The molecule has 0 aliphatic rings. The van der Waals surface area contributed by atoms with Crippen LogP contribution in [0.5, 0.6) is 0 Å². The van der Waals surface area contributed by atoms with Crippen LogP contribution in [0.2, 0.25) is 0 Å². The van der Waals surface area contributed by atoms with Gasteiger partial charge in [-0.25, -0.2) is 4.39 Å². The molecule has 1 N–H and O–H groups in total. The molecule has 1 nitrogen and oxygen atoms in total. The van der Waals surface area contributed by atoms with E-state index in [-0.39, 0.29) is 11.9 Å². The van der Waals surface area contributed by atoms with Crippen molar-refractivity contribution in [2.75, 3.05) is 0 Å². The summed E-state index contributed by atoms with van der Waals surface area (Å²) in [5.74, 6) is 0.614.